The number of benzene rings is 1. The van der Waals surface area contributed by atoms with E-state index in [0.29, 0.717) is 6.07 Å². The van der Waals surface area contributed by atoms with Crippen LogP contribution in [-0.2, 0) is 24.4 Å². The molecule has 5 rings (SSSR count). The van der Waals surface area contributed by atoms with Crippen molar-refractivity contribution in [2.75, 3.05) is 32.7 Å². The predicted octanol–water partition coefficient (Wildman–Crippen LogP) is 0.605. The molecule has 0 spiro atoms. The van der Waals surface area contributed by atoms with E-state index >= 15 is 0 Å². The number of carbonyl (C=O) groups excluding carboxylic acids is 3. The maximum absolute atomic E-state index is 14.0. The van der Waals surface area contributed by atoms with Crippen molar-refractivity contribution in [3.63, 3.8) is 0 Å². The van der Waals surface area contributed by atoms with Gasteiger partial charge in [0.1, 0.15) is 23.1 Å². The first-order chi connectivity index (χ1) is 15.2. The Morgan fingerprint density at radius 1 is 0.969 bits per heavy atom. The van der Waals surface area contributed by atoms with Gasteiger partial charge in [-0.1, -0.05) is 12.2 Å². The summed E-state index contributed by atoms with van der Waals surface area (Å²) in [4.78, 5) is 40.1. The number of hydrogen-bond acceptors (Lipinski definition) is 5. The van der Waals surface area contributed by atoms with Crippen LogP contribution in [0.1, 0.15) is 6.42 Å². The molecule has 8 nitrogen and oxygen atoms in total. The molecular weight excluding hydrogens is 444 g/mol. The maximum atomic E-state index is 14.0. The first-order valence-corrected chi connectivity index (χ1v) is 11.9. The topological polar surface area (TPSA) is 95.1 Å². The Morgan fingerprint density at radius 2 is 1.56 bits per heavy atom. The van der Waals surface area contributed by atoms with Gasteiger partial charge >= 0.3 is 0 Å². The molecule has 0 radical (unpaired) electrons. The number of amides is 3. The average Bonchev–Trinajstić information content (AvgIpc) is 3.43. The molecule has 32 heavy (non-hydrogen) atoms. The van der Waals surface area contributed by atoms with Gasteiger partial charge in [0.2, 0.25) is 27.7 Å². The Morgan fingerprint density at radius 3 is 2.12 bits per heavy atom. The largest absolute Gasteiger partial charge is 0.338 e. The minimum absolute atomic E-state index is 0.0385. The Balaban J connectivity index is 1.22. The summed E-state index contributed by atoms with van der Waals surface area (Å²) >= 11 is 0. The molecule has 1 saturated carbocycles. The van der Waals surface area contributed by atoms with Gasteiger partial charge in [0, 0.05) is 32.2 Å². The van der Waals surface area contributed by atoms with Crippen LogP contribution in [0.25, 0.3) is 0 Å². The Kier molecular flexibility index (Phi) is 4.93. The first kappa shape index (κ1) is 21.2. The molecule has 1 aromatic carbocycles. The van der Waals surface area contributed by atoms with Crippen LogP contribution in [0.5, 0.6) is 0 Å². The van der Waals surface area contributed by atoms with E-state index in [0.717, 1.165) is 27.8 Å². The van der Waals surface area contributed by atoms with Gasteiger partial charge < -0.3 is 4.90 Å². The number of halogens is 2. The number of likely N-dealkylation sites (tertiary alicyclic amines) is 1. The third-order valence-corrected chi connectivity index (χ3v) is 8.89. The molecule has 2 saturated heterocycles. The Hall–Kier alpha value is -2.66. The molecule has 4 unspecified atom stereocenters. The van der Waals surface area contributed by atoms with E-state index in [1.54, 1.807) is 0 Å². The summed E-state index contributed by atoms with van der Waals surface area (Å²) in [6.45, 7) is -0.435. The zero-order valence-electron chi connectivity index (χ0n) is 17.0. The van der Waals surface area contributed by atoms with Crippen molar-refractivity contribution in [1.82, 2.24) is 14.1 Å². The minimum atomic E-state index is -4.19. The second-order valence-corrected chi connectivity index (χ2v) is 10.5. The fourth-order valence-corrected chi connectivity index (χ4v) is 6.82. The van der Waals surface area contributed by atoms with Crippen LogP contribution in [0.4, 0.5) is 8.78 Å². The van der Waals surface area contributed by atoms with Crippen LogP contribution in [0.3, 0.4) is 0 Å². The molecule has 2 bridgehead atoms. The van der Waals surface area contributed by atoms with Gasteiger partial charge in [0.05, 0.1) is 11.8 Å². The molecule has 4 aliphatic rings. The van der Waals surface area contributed by atoms with Crippen molar-refractivity contribution in [2.45, 2.75) is 11.3 Å². The third-order valence-electron chi connectivity index (χ3n) is 6.96. The lowest BCUT2D eigenvalue weighted by molar-refractivity contribution is -0.147. The van der Waals surface area contributed by atoms with Crippen molar-refractivity contribution in [3.05, 3.63) is 42.0 Å². The third kappa shape index (κ3) is 3.17. The van der Waals surface area contributed by atoms with E-state index in [1.165, 1.54) is 4.90 Å². The number of nitrogens with zero attached hydrogens (tertiary/aromatic N) is 3. The van der Waals surface area contributed by atoms with Crippen molar-refractivity contribution >= 4 is 27.7 Å². The second-order valence-electron chi connectivity index (χ2n) is 8.62. The number of imide groups is 1. The molecule has 0 N–H and O–H groups in total. The molecule has 170 valence electrons. The number of hydrogen-bond donors (Lipinski definition) is 0. The quantitative estimate of drug-likeness (QED) is 0.480. The second kappa shape index (κ2) is 7.45. The molecule has 0 aromatic heterocycles. The van der Waals surface area contributed by atoms with Crippen molar-refractivity contribution in [3.8, 4) is 0 Å². The van der Waals surface area contributed by atoms with E-state index in [-0.39, 0.29) is 68.2 Å². The molecule has 11 heteroatoms. The number of rotatable bonds is 4. The zero-order valence-corrected chi connectivity index (χ0v) is 17.8. The zero-order chi connectivity index (χ0) is 22.8. The molecule has 2 heterocycles. The monoisotopic (exact) mass is 465 g/mol. The van der Waals surface area contributed by atoms with Gasteiger partial charge in [-0.15, -0.1) is 0 Å². The highest BCUT2D eigenvalue weighted by Crippen LogP contribution is 2.52. The fourth-order valence-electron chi connectivity index (χ4n) is 5.36. The van der Waals surface area contributed by atoms with Gasteiger partial charge in [0.25, 0.3) is 0 Å². The lowest BCUT2D eigenvalue weighted by atomic mass is 9.85. The van der Waals surface area contributed by atoms with Gasteiger partial charge in [-0.05, 0) is 30.4 Å². The number of allylic oxidation sites excluding steroid dienone is 2. The highest BCUT2D eigenvalue weighted by atomic mass is 32.2. The summed E-state index contributed by atoms with van der Waals surface area (Å²) in [5.74, 6) is -3.74. The van der Waals surface area contributed by atoms with Crippen LogP contribution < -0.4 is 0 Å². The van der Waals surface area contributed by atoms with E-state index in [9.17, 15) is 31.6 Å². The number of piperazine rings is 1. The van der Waals surface area contributed by atoms with Crippen molar-refractivity contribution in [1.29, 1.82) is 0 Å². The molecule has 1 aromatic rings. The summed E-state index contributed by atoms with van der Waals surface area (Å²) in [6, 6.07) is 2.26. The van der Waals surface area contributed by atoms with Crippen LogP contribution >= 0.6 is 0 Å². The van der Waals surface area contributed by atoms with Crippen LogP contribution in [0, 0.1) is 35.3 Å². The lowest BCUT2D eigenvalue weighted by Crippen LogP contribution is -2.53. The number of carbonyl (C=O) groups is 3. The van der Waals surface area contributed by atoms with E-state index in [2.05, 4.69) is 0 Å². The molecule has 2 aliphatic carbocycles. The summed E-state index contributed by atoms with van der Waals surface area (Å²) in [5.41, 5.74) is 0. The van der Waals surface area contributed by atoms with Gasteiger partial charge in [0.15, 0.2) is 0 Å². The summed E-state index contributed by atoms with van der Waals surface area (Å²) in [5, 5.41) is 0. The molecule has 3 amide bonds. The molecule has 4 atom stereocenters. The summed E-state index contributed by atoms with van der Waals surface area (Å²) in [6.07, 6.45) is 4.76. The fraction of sp³-hybridized carbons (Fsp3) is 0.476. The Labute approximate surface area is 183 Å². The van der Waals surface area contributed by atoms with E-state index < -0.39 is 32.5 Å². The minimum Gasteiger partial charge on any atom is -0.338 e. The summed E-state index contributed by atoms with van der Waals surface area (Å²) in [7, 11) is -4.19. The SMILES string of the molecule is O=C(CN1C(=O)C2C3C=CC(C3)C2C1=O)N1CCN(S(=O)(=O)c2ccc(F)cc2F)CC1. The maximum Gasteiger partial charge on any atom is 0.246 e. The smallest absolute Gasteiger partial charge is 0.246 e. The lowest BCUT2D eigenvalue weighted by Gasteiger charge is -2.34. The van der Waals surface area contributed by atoms with Crippen LogP contribution in [0.15, 0.2) is 35.2 Å². The number of fused-ring (bicyclic) bond motifs is 5. The predicted molar refractivity (Wildman–Crippen MR) is 106 cm³/mol. The van der Waals surface area contributed by atoms with Gasteiger partial charge in [-0.2, -0.15) is 4.31 Å². The average molecular weight is 465 g/mol. The van der Waals surface area contributed by atoms with E-state index in [4.69, 9.17) is 0 Å². The summed E-state index contributed by atoms with van der Waals surface area (Å²) < 4.78 is 53.5. The van der Waals surface area contributed by atoms with Crippen molar-refractivity contribution in [2.24, 2.45) is 23.7 Å². The number of sulfonamides is 1. The van der Waals surface area contributed by atoms with Crippen molar-refractivity contribution < 1.29 is 31.6 Å². The molecular formula is C21H21F2N3O5S. The first-order valence-electron chi connectivity index (χ1n) is 10.4. The van der Waals surface area contributed by atoms with Crippen LogP contribution in [-0.4, -0.2) is 73.0 Å². The Bertz CT molecular complexity index is 1120. The van der Waals surface area contributed by atoms with E-state index in [1.807, 2.05) is 12.2 Å². The van der Waals surface area contributed by atoms with Gasteiger partial charge in [-0.25, -0.2) is 17.2 Å². The molecule has 2 aliphatic heterocycles. The highest BCUT2D eigenvalue weighted by Gasteiger charge is 2.59. The standard InChI is InChI=1S/C21H21F2N3O5S/c22-14-3-4-16(15(23)10-14)32(30,31)25-7-5-24(6-8-25)17(27)11-26-20(28)18-12-1-2-13(9-12)19(18)21(26)29/h1-4,10,12-13,18-19H,5-9,11H2. The normalized spacial score (nSPS) is 29.8. The molecule has 3 fully saturated rings. The highest BCUT2D eigenvalue weighted by molar-refractivity contribution is 7.89. The van der Waals surface area contributed by atoms with Gasteiger partial charge in [-0.3, -0.25) is 19.3 Å². The van der Waals surface area contributed by atoms with Crippen LogP contribution in [0.2, 0.25) is 0 Å².